The molecule has 0 radical (unpaired) electrons. The highest BCUT2D eigenvalue weighted by molar-refractivity contribution is 5.35. The van der Waals surface area contributed by atoms with Crippen LogP contribution >= 0.6 is 0 Å². The minimum Gasteiger partial charge on any atom is -0.326 e. The SMILES string of the molecule is CC(C)c1nncn1-c1ccc(CN)cc1. The van der Waals surface area contributed by atoms with Crippen LogP contribution in [0.2, 0.25) is 0 Å². The summed E-state index contributed by atoms with van der Waals surface area (Å²) >= 11 is 0. The second-order valence-electron chi connectivity index (χ2n) is 4.08. The van der Waals surface area contributed by atoms with Crippen molar-refractivity contribution in [2.75, 3.05) is 0 Å². The first-order valence-corrected chi connectivity index (χ1v) is 5.41. The molecule has 4 nitrogen and oxygen atoms in total. The molecular weight excluding hydrogens is 200 g/mol. The first kappa shape index (κ1) is 10.8. The topological polar surface area (TPSA) is 56.7 Å². The Morgan fingerprint density at radius 1 is 1.25 bits per heavy atom. The van der Waals surface area contributed by atoms with Crippen LogP contribution in [0.4, 0.5) is 0 Å². The van der Waals surface area contributed by atoms with E-state index in [0.29, 0.717) is 12.5 Å². The number of hydrogen-bond acceptors (Lipinski definition) is 3. The Labute approximate surface area is 95.1 Å². The highest BCUT2D eigenvalue weighted by Crippen LogP contribution is 2.16. The molecule has 84 valence electrons. The van der Waals surface area contributed by atoms with E-state index in [-0.39, 0.29) is 0 Å². The number of aromatic nitrogens is 3. The third-order valence-electron chi connectivity index (χ3n) is 2.54. The smallest absolute Gasteiger partial charge is 0.139 e. The molecule has 1 aromatic carbocycles. The third-order valence-corrected chi connectivity index (χ3v) is 2.54. The summed E-state index contributed by atoms with van der Waals surface area (Å²) in [5, 5.41) is 8.07. The lowest BCUT2D eigenvalue weighted by atomic mass is 10.2. The van der Waals surface area contributed by atoms with Crippen molar-refractivity contribution in [3.8, 4) is 5.69 Å². The largest absolute Gasteiger partial charge is 0.326 e. The van der Waals surface area contributed by atoms with Crippen molar-refractivity contribution in [3.05, 3.63) is 42.0 Å². The molecule has 2 rings (SSSR count). The molecular formula is C12H16N4. The van der Waals surface area contributed by atoms with Gasteiger partial charge in [-0.15, -0.1) is 10.2 Å². The van der Waals surface area contributed by atoms with E-state index < -0.39 is 0 Å². The molecule has 0 fully saturated rings. The summed E-state index contributed by atoms with van der Waals surface area (Å²) < 4.78 is 2.00. The van der Waals surface area contributed by atoms with Crippen LogP contribution in [0.15, 0.2) is 30.6 Å². The van der Waals surface area contributed by atoms with E-state index in [9.17, 15) is 0 Å². The number of hydrogen-bond donors (Lipinski definition) is 1. The van der Waals surface area contributed by atoms with Crippen LogP contribution < -0.4 is 5.73 Å². The summed E-state index contributed by atoms with van der Waals surface area (Å²) in [5.74, 6) is 1.33. The lowest BCUT2D eigenvalue weighted by Crippen LogP contribution is -2.03. The van der Waals surface area contributed by atoms with Crippen molar-refractivity contribution in [1.29, 1.82) is 0 Å². The molecule has 2 N–H and O–H groups in total. The minimum atomic E-state index is 0.358. The van der Waals surface area contributed by atoms with E-state index in [4.69, 9.17) is 5.73 Å². The summed E-state index contributed by atoms with van der Waals surface area (Å²) in [6.45, 7) is 4.78. The van der Waals surface area contributed by atoms with E-state index in [0.717, 1.165) is 17.1 Å². The summed E-state index contributed by atoms with van der Waals surface area (Å²) in [5.41, 5.74) is 7.77. The van der Waals surface area contributed by atoms with Crippen molar-refractivity contribution in [2.45, 2.75) is 26.3 Å². The predicted octanol–water partition coefficient (Wildman–Crippen LogP) is 1.85. The van der Waals surface area contributed by atoms with E-state index in [1.807, 2.05) is 28.8 Å². The summed E-state index contributed by atoms with van der Waals surface area (Å²) in [6.07, 6.45) is 1.74. The molecule has 1 aromatic heterocycles. The molecule has 0 atom stereocenters. The summed E-state index contributed by atoms with van der Waals surface area (Å²) in [6, 6.07) is 8.13. The van der Waals surface area contributed by atoms with Crippen LogP contribution in [0.5, 0.6) is 0 Å². The Kier molecular flexibility index (Phi) is 3.01. The molecule has 0 aliphatic heterocycles. The number of rotatable bonds is 3. The van der Waals surface area contributed by atoms with Crippen LogP contribution in [0.1, 0.15) is 31.2 Å². The summed E-state index contributed by atoms with van der Waals surface area (Å²) in [7, 11) is 0. The van der Waals surface area contributed by atoms with Gasteiger partial charge in [0.25, 0.3) is 0 Å². The first-order valence-electron chi connectivity index (χ1n) is 5.41. The Bertz CT molecular complexity index is 456. The Hall–Kier alpha value is -1.68. The van der Waals surface area contributed by atoms with Crippen molar-refractivity contribution in [1.82, 2.24) is 14.8 Å². The normalized spacial score (nSPS) is 11.0. The van der Waals surface area contributed by atoms with Gasteiger partial charge < -0.3 is 5.73 Å². The van der Waals surface area contributed by atoms with Gasteiger partial charge in [0, 0.05) is 18.2 Å². The van der Waals surface area contributed by atoms with Gasteiger partial charge in [-0.3, -0.25) is 4.57 Å². The standard InChI is InChI=1S/C12H16N4/c1-9(2)12-15-14-8-16(12)11-5-3-10(7-13)4-6-11/h3-6,8-9H,7,13H2,1-2H3. The van der Waals surface area contributed by atoms with Gasteiger partial charge in [-0.05, 0) is 17.7 Å². The predicted molar refractivity (Wildman–Crippen MR) is 63.3 cm³/mol. The molecule has 0 amide bonds. The summed E-state index contributed by atoms with van der Waals surface area (Å²) in [4.78, 5) is 0. The number of nitrogens with two attached hydrogens (primary N) is 1. The highest BCUT2D eigenvalue weighted by Gasteiger charge is 2.09. The molecule has 0 aliphatic carbocycles. The van der Waals surface area contributed by atoms with Gasteiger partial charge >= 0.3 is 0 Å². The molecule has 0 saturated heterocycles. The van der Waals surface area contributed by atoms with Crippen molar-refractivity contribution in [3.63, 3.8) is 0 Å². The first-order chi connectivity index (χ1) is 7.72. The van der Waals surface area contributed by atoms with E-state index in [2.05, 4.69) is 24.0 Å². The zero-order chi connectivity index (χ0) is 11.5. The molecule has 16 heavy (non-hydrogen) atoms. The monoisotopic (exact) mass is 216 g/mol. The van der Waals surface area contributed by atoms with E-state index in [1.54, 1.807) is 6.33 Å². The third kappa shape index (κ3) is 1.97. The van der Waals surface area contributed by atoms with Gasteiger partial charge in [-0.2, -0.15) is 0 Å². The fraction of sp³-hybridized carbons (Fsp3) is 0.333. The lowest BCUT2D eigenvalue weighted by Gasteiger charge is -2.09. The second-order valence-corrected chi connectivity index (χ2v) is 4.08. The van der Waals surface area contributed by atoms with Gasteiger partial charge in [0.1, 0.15) is 12.2 Å². The molecule has 0 saturated carbocycles. The molecule has 0 spiro atoms. The van der Waals surface area contributed by atoms with Crippen LogP contribution in [-0.2, 0) is 6.54 Å². The molecule has 2 aromatic rings. The quantitative estimate of drug-likeness (QED) is 0.851. The number of benzene rings is 1. The zero-order valence-corrected chi connectivity index (χ0v) is 9.59. The van der Waals surface area contributed by atoms with Gasteiger partial charge in [0.2, 0.25) is 0 Å². The maximum atomic E-state index is 5.57. The fourth-order valence-electron chi connectivity index (χ4n) is 1.63. The zero-order valence-electron chi connectivity index (χ0n) is 9.59. The average Bonchev–Trinajstić information content (AvgIpc) is 2.78. The minimum absolute atomic E-state index is 0.358. The van der Waals surface area contributed by atoms with Crippen molar-refractivity contribution < 1.29 is 0 Å². The fourth-order valence-corrected chi connectivity index (χ4v) is 1.63. The number of nitrogens with zero attached hydrogens (tertiary/aromatic N) is 3. The maximum absolute atomic E-state index is 5.57. The molecule has 4 heteroatoms. The van der Waals surface area contributed by atoms with Crippen LogP contribution in [-0.4, -0.2) is 14.8 Å². The Morgan fingerprint density at radius 3 is 2.50 bits per heavy atom. The Balaban J connectivity index is 2.38. The molecule has 0 unspecified atom stereocenters. The van der Waals surface area contributed by atoms with Gasteiger partial charge in [-0.1, -0.05) is 26.0 Å². The van der Waals surface area contributed by atoms with Gasteiger partial charge in [0.05, 0.1) is 0 Å². The van der Waals surface area contributed by atoms with Gasteiger partial charge in [-0.25, -0.2) is 0 Å². The van der Waals surface area contributed by atoms with Crippen LogP contribution in [0, 0.1) is 0 Å². The lowest BCUT2D eigenvalue weighted by molar-refractivity contribution is 0.745. The molecule has 0 bridgehead atoms. The van der Waals surface area contributed by atoms with Crippen LogP contribution in [0.25, 0.3) is 5.69 Å². The van der Waals surface area contributed by atoms with Crippen molar-refractivity contribution in [2.24, 2.45) is 5.73 Å². The maximum Gasteiger partial charge on any atom is 0.139 e. The van der Waals surface area contributed by atoms with Gasteiger partial charge in [0.15, 0.2) is 0 Å². The van der Waals surface area contributed by atoms with E-state index >= 15 is 0 Å². The molecule has 1 heterocycles. The average molecular weight is 216 g/mol. The second kappa shape index (κ2) is 4.45. The van der Waals surface area contributed by atoms with E-state index in [1.165, 1.54) is 0 Å². The van der Waals surface area contributed by atoms with Crippen molar-refractivity contribution >= 4 is 0 Å². The Morgan fingerprint density at radius 2 is 1.94 bits per heavy atom. The highest BCUT2D eigenvalue weighted by atomic mass is 15.3. The van der Waals surface area contributed by atoms with Crippen LogP contribution in [0.3, 0.4) is 0 Å². The molecule has 0 aliphatic rings.